The maximum Gasteiger partial charge on any atom is 0.277 e. The molecule has 0 saturated carbocycles. The third-order valence-electron chi connectivity index (χ3n) is 2.10. The molecule has 0 aromatic carbocycles. The van der Waals surface area contributed by atoms with Gasteiger partial charge in [0.15, 0.2) is 5.13 Å². The Bertz CT molecular complexity index is 532. The predicted molar refractivity (Wildman–Crippen MR) is 66.6 cm³/mol. The average Bonchev–Trinajstić information content (AvgIpc) is 2.58. The molecule has 0 bridgehead atoms. The van der Waals surface area contributed by atoms with Gasteiger partial charge < -0.3 is 0 Å². The molecule has 5 nitrogen and oxygen atoms in total. The van der Waals surface area contributed by atoms with Crippen LogP contribution in [0.25, 0.3) is 0 Å². The molecule has 0 aliphatic carbocycles. The van der Waals surface area contributed by atoms with Gasteiger partial charge in [0.2, 0.25) is 0 Å². The Kier molecular flexibility index (Phi) is 3.35. The van der Waals surface area contributed by atoms with Crippen LogP contribution in [0.5, 0.6) is 0 Å². The minimum atomic E-state index is -0.345. The lowest BCUT2D eigenvalue weighted by Gasteiger charge is -1.99. The fourth-order valence-electron chi connectivity index (χ4n) is 1.12. The number of aryl methyl sites for hydroxylation is 2. The van der Waals surface area contributed by atoms with E-state index in [9.17, 15) is 4.79 Å². The van der Waals surface area contributed by atoms with E-state index < -0.39 is 0 Å². The van der Waals surface area contributed by atoms with Crippen molar-refractivity contribution in [1.29, 1.82) is 0 Å². The maximum absolute atomic E-state index is 11.8. The smallest absolute Gasteiger partial charge is 0.277 e. The quantitative estimate of drug-likeness (QED) is 0.908. The number of amides is 1. The molecule has 0 unspecified atom stereocenters. The third-order valence-corrected chi connectivity index (χ3v) is 3.29. The Balaban J connectivity index is 2.14. The number of nitrogens with one attached hydrogen (secondary N) is 1. The molecule has 0 atom stereocenters. The van der Waals surface area contributed by atoms with Gasteiger partial charge in [-0.1, -0.05) is 11.6 Å². The average molecular weight is 269 g/mol. The summed E-state index contributed by atoms with van der Waals surface area (Å²) in [5.41, 5.74) is 1.12. The molecule has 2 heterocycles. The number of rotatable bonds is 2. The summed E-state index contributed by atoms with van der Waals surface area (Å²) in [5.74, 6) is -0.345. The number of hydrogen-bond acceptors (Lipinski definition) is 5. The molecule has 2 aromatic rings. The molecule has 0 aliphatic heterocycles. The van der Waals surface area contributed by atoms with Crippen LogP contribution in [0.3, 0.4) is 0 Å². The SMILES string of the molecule is Cc1nc(NC(=O)c2cnc(Cl)cn2)sc1C. The van der Waals surface area contributed by atoms with E-state index in [0.717, 1.165) is 10.6 Å². The van der Waals surface area contributed by atoms with Gasteiger partial charge in [-0.15, -0.1) is 11.3 Å². The van der Waals surface area contributed by atoms with Gasteiger partial charge in [0.1, 0.15) is 10.8 Å². The van der Waals surface area contributed by atoms with E-state index >= 15 is 0 Å². The van der Waals surface area contributed by atoms with E-state index in [-0.39, 0.29) is 16.8 Å². The first-order chi connectivity index (χ1) is 8.06. The molecule has 17 heavy (non-hydrogen) atoms. The van der Waals surface area contributed by atoms with Crippen molar-refractivity contribution in [2.75, 3.05) is 5.32 Å². The molecule has 0 radical (unpaired) electrons. The molecule has 0 aliphatic rings. The first-order valence-electron chi connectivity index (χ1n) is 4.79. The molecular formula is C10H9ClN4OS. The van der Waals surface area contributed by atoms with Crippen LogP contribution in [0.4, 0.5) is 5.13 Å². The molecular weight excluding hydrogens is 260 g/mol. The van der Waals surface area contributed by atoms with Crippen LogP contribution < -0.4 is 5.32 Å². The van der Waals surface area contributed by atoms with Gasteiger partial charge in [-0.25, -0.2) is 15.0 Å². The highest BCUT2D eigenvalue weighted by Gasteiger charge is 2.11. The molecule has 88 valence electrons. The van der Waals surface area contributed by atoms with Crippen LogP contribution in [0.2, 0.25) is 5.15 Å². The Hall–Kier alpha value is -1.53. The monoisotopic (exact) mass is 268 g/mol. The van der Waals surface area contributed by atoms with E-state index in [1.165, 1.54) is 23.7 Å². The molecule has 2 aromatic heterocycles. The number of aromatic nitrogens is 3. The van der Waals surface area contributed by atoms with Crippen LogP contribution in [0.15, 0.2) is 12.4 Å². The van der Waals surface area contributed by atoms with Crippen LogP contribution >= 0.6 is 22.9 Å². The number of carbonyl (C=O) groups is 1. The topological polar surface area (TPSA) is 67.8 Å². The summed E-state index contributed by atoms with van der Waals surface area (Å²) in [4.78, 5) is 24.7. The maximum atomic E-state index is 11.8. The van der Waals surface area contributed by atoms with Gasteiger partial charge in [0.25, 0.3) is 5.91 Å². The van der Waals surface area contributed by atoms with Gasteiger partial charge >= 0.3 is 0 Å². The molecule has 0 spiro atoms. The molecule has 2 rings (SSSR count). The number of halogens is 1. The number of anilines is 1. The van der Waals surface area contributed by atoms with Crippen molar-refractivity contribution in [2.24, 2.45) is 0 Å². The van der Waals surface area contributed by atoms with E-state index in [2.05, 4.69) is 20.3 Å². The van der Waals surface area contributed by atoms with Crippen molar-refractivity contribution in [1.82, 2.24) is 15.0 Å². The largest absolute Gasteiger partial charge is 0.296 e. The lowest BCUT2D eigenvalue weighted by molar-refractivity contribution is 0.102. The first-order valence-corrected chi connectivity index (χ1v) is 5.98. The summed E-state index contributed by atoms with van der Waals surface area (Å²) in [5, 5.41) is 3.47. The fraction of sp³-hybridized carbons (Fsp3) is 0.200. The summed E-state index contributed by atoms with van der Waals surface area (Å²) in [6.45, 7) is 3.84. The molecule has 1 N–H and O–H groups in total. The van der Waals surface area contributed by atoms with Crippen LogP contribution in [0.1, 0.15) is 21.1 Å². The molecule has 0 fully saturated rings. The summed E-state index contributed by atoms with van der Waals surface area (Å²) in [6, 6.07) is 0. The Morgan fingerprint density at radius 3 is 2.65 bits per heavy atom. The summed E-state index contributed by atoms with van der Waals surface area (Å²) >= 11 is 7.01. The summed E-state index contributed by atoms with van der Waals surface area (Å²) in [6.07, 6.45) is 2.65. The van der Waals surface area contributed by atoms with Crippen LogP contribution in [0, 0.1) is 13.8 Å². The van der Waals surface area contributed by atoms with Gasteiger partial charge in [-0.3, -0.25) is 10.1 Å². The zero-order valence-corrected chi connectivity index (χ0v) is 10.8. The number of hydrogen-bond donors (Lipinski definition) is 1. The number of carbonyl (C=O) groups excluding carboxylic acids is 1. The highest BCUT2D eigenvalue weighted by Crippen LogP contribution is 2.21. The second kappa shape index (κ2) is 4.77. The van der Waals surface area contributed by atoms with Crippen molar-refractivity contribution in [3.8, 4) is 0 Å². The Morgan fingerprint density at radius 2 is 2.12 bits per heavy atom. The standard InChI is InChI=1S/C10H9ClN4OS/c1-5-6(2)17-10(14-5)15-9(16)7-3-13-8(11)4-12-7/h3-4H,1-2H3,(H,14,15,16). The van der Waals surface area contributed by atoms with Crippen molar-refractivity contribution in [3.05, 3.63) is 33.8 Å². The van der Waals surface area contributed by atoms with Gasteiger partial charge in [-0.05, 0) is 13.8 Å². The van der Waals surface area contributed by atoms with Crippen LogP contribution in [-0.4, -0.2) is 20.9 Å². The first kappa shape index (κ1) is 11.9. The summed E-state index contributed by atoms with van der Waals surface area (Å²) < 4.78 is 0. The van der Waals surface area contributed by atoms with Crippen molar-refractivity contribution >= 4 is 34.0 Å². The summed E-state index contributed by atoms with van der Waals surface area (Å²) in [7, 11) is 0. The van der Waals surface area contributed by atoms with Gasteiger partial charge in [0, 0.05) is 4.88 Å². The second-order valence-corrected chi connectivity index (χ2v) is 4.93. The second-order valence-electron chi connectivity index (χ2n) is 3.34. The molecule has 1 amide bonds. The normalized spacial score (nSPS) is 10.3. The molecule has 7 heteroatoms. The highest BCUT2D eigenvalue weighted by atomic mass is 35.5. The molecule has 0 saturated heterocycles. The van der Waals surface area contributed by atoms with Crippen molar-refractivity contribution in [3.63, 3.8) is 0 Å². The zero-order chi connectivity index (χ0) is 12.4. The minimum Gasteiger partial charge on any atom is -0.296 e. The highest BCUT2D eigenvalue weighted by molar-refractivity contribution is 7.15. The minimum absolute atomic E-state index is 0.208. The lowest BCUT2D eigenvalue weighted by Crippen LogP contribution is -2.13. The van der Waals surface area contributed by atoms with E-state index in [1.54, 1.807) is 0 Å². The zero-order valence-electron chi connectivity index (χ0n) is 9.19. The van der Waals surface area contributed by atoms with Crippen molar-refractivity contribution < 1.29 is 4.79 Å². The van der Waals surface area contributed by atoms with E-state index in [0.29, 0.717) is 5.13 Å². The predicted octanol–water partition coefficient (Wildman–Crippen LogP) is 2.46. The van der Waals surface area contributed by atoms with E-state index in [1.807, 2.05) is 13.8 Å². The number of nitrogens with zero attached hydrogens (tertiary/aromatic N) is 3. The van der Waals surface area contributed by atoms with Crippen LogP contribution in [-0.2, 0) is 0 Å². The lowest BCUT2D eigenvalue weighted by atomic mass is 10.4. The number of thiazole rings is 1. The fourth-order valence-corrected chi connectivity index (χ4v) is 2.02. The van der Waals surface area contributed by atoms with E-state index in [4.69, 9.17) is 11.6 Å². The third kappa shape index (κ3) is 2.78. The Morgan fingerprint density at radius 1 is 1.35 bits per heavy atom. The Labute approximate surface area is 107 Å². The van der Waals surface area contributed by atoms with Gasteiger partial charge in [0.05, 0.1) is 18.1 Å². The van der Waals surface area contributed by atoms with Crippen molar-refractivity contribution in [2.45, 2.75) is 13.8 Å². The van der Waals surface area contributed by atoms with Gasteiger partial charge in [-0.2, -0.15) is 0 Å².